The first-order valence-corrected chi connectivity index (χ1v) is 5.51. The summed E-state index contributed by atoms with van der Waals surface area (Å²) in [4.78, 5) is 11.1. The molecule has 1 aromatic rings. The van der Waals surface area contributed by atoms with Gasteiger partial charge in [-0.3, -0.25) is 0 Å². The maximum Gasteiger partial charge on any atom is 0.340 e. The Morgan fingerprint density at radius 3 is 2.83 bits per heavy atom. The number of methoxy groups -OCH3 is 1. The third kappa shape index (κ3) is 3.33. The highest BCUT2D eigenvalue weighted by atomic mass is 19.1. The van der Waals surface area contributed by atoms with Gasteiger partial charge in [0, 0.05) is 13.7 Å². The van der Waals surface area contributed by atoms with Gasteiger partial charge in [0.25, 0.3) is 0 Å². The zero-order chi connectivity index (χ0) is 13.7. The van der Waals surface area contributed by atoms with E-state index in [4.69, 9.17) is 15.6 Å². The summed E-state index contributed by atoms with van der Waals surface area (Å²) in [6.07, 6.45) is 0. The lowest BCUT2D eigenvalue weighted by Gasteiger charge is -2.15. The van der Waals surface area contributed by atoms with Gasteiger partial charge in [-0.25, -0.2) is 9.18 Å². The Bertz CT molecular complexity index is 438. The van der Waals surface area contributed by atoms with Crippen molar-refractivity contribution in [1.29, 1.82) is 0 Å². The summed E-state index contributed by atoms with van der Waals surface area (Å²) in [5.41, 5.74) is 5.15. The predicted octanol–water partition coefficient (Wildman–Crippen LogP) is 1.80. The first-order valence-electron chi connectivity index (χ1n) is 5.51. The number of rotatable bonds is 6. The van der Waals surface area contributed by atoms with E-state index >= 15 is 0 Å². The van der Waals surface area contributed by atoms with Crippen LogP contribution in [0, 0.1) is 11.7 Å². The molecule has 0 aliphatic heterocycles. The fourth-order valence-corrected chi connectivity index (χ4v) is 1.60. The molecular weight excluding hydrogens is 239 g/mol. The van der Waals surface area contributed by atoms with Gasteiger partial charge < -0.3 is 20.9 Å². The minimum atomic E-state index is -1.26. The van der Waals surface area contributed by atoms with Crippen LogP contribution in [-0.2, 0) is 4.74 Å². The molecule has 1 rings (SSSR count). The molecule has 0 saturated heterocycles. The van der Waals surface area contributed by atoms with Crippen molar-refractivity contribution in [3.63, 3.8) is 0 Å². The molecule has 4 N–H and O–H groups in total. The molecule has 0 radical (unpaired) electrons. The number of benzene rings is 1. The van der Waals surface area contributed by atoms with Gasteiger partial charge in [0.15, 0.2) is 0 Å². The van der Waals surface area contributed by atoms with Crippen LogP contribution in [0.1, 0.15) is 17.3 Å². The molecule has 1 unspecified atom stereocenters. The van der Waals surface area contributed by atoms with Gasteiger partial charge in [-0.05, 0) is 18.1 Å². The third-order valence-corrected chi connectivity index (χ3v) is 2.50. The number of halogens is 1. The van der Waals surface area contributed by atoms with Crippen molar-refractivity contribution >= 4 is 17.3 Å². The second kappa shape index (κ2) is 6.20. The number of anilines is 2. The fraction of sp³-hybridized carbons (Fsp3) is 0.417. The number of nitrogen functional groups attached to an aromatic ring is 1. The van der Waals surface area contributed by atoms with Gasteiger partial charge >= 0.3 is 5.97 Å². The lowest BCUT2D eigenvalue weighted by molar-refractivity contribution is 0.0698. The van der Waals surface area contributed by atoms with Gasteiger partial charge in [0.1, 0.15) is 11.4 Å². The summed E-state index contributed by atoms with van der Waals surface area (Å²) in [6, 6.07) is 2.51. The highest BCUT2D eigenvalue weighted by Gasteiger charge is 2.17. The Labute approximate surface area is 105 Å². The van der Waals surface area contributed by atoms with Crippen molar-refractivity contribution in [3.8, 4) is 0 Å². The van der Waals surface area contributed by atoms with Crippen LogP contribution in [0.4, 0.5) is 15.8 Å². The van der Waals surface area contributed by atoms with Crippen LogP contribution in [0.2, 0.25) is 0 Å². The van der Waals surface area contributed by atoms with Crippen molar-refractivity contribution in [1.82, 2.24) is 0 Å². The van der Waals surface area contributed by atoms with E-state index < -0.39 is 11.8 Å². The SMILES string of the molecule is COCC(C)CNc1ccc(F)c(N)c1C(=O)O. The van der Waals surface area contributed by atoms with Gasteiger partial charge in [0.05, 0.1) is 18.0 Å². The molecule has 1 atom stereocenters. The first-order chi connectivity index (χ1) is 8.47. The standard InChI is InChI=1S/C12H17FN2O3/c1-7(6-18-2)5-15-9-4-3-8(13)11(14)10(9)12(16)17/h3-4,7,15H,5-6,14H2,1-2H3,(H,16,17). The molecule has 0 bridgehead atoms. The molecule has 100 valence electrons. The maximum atomic E-state index is 13.2. The molecule has 0 aromatic heterocycles. The highest BCUT2D eigenvalue weighted by Crippen LogP contribution is 2.25. The second-order valence-corrected chi connectivity index (χ2v) is 4.13. The number of hydrogen-bond acceptors (Lipinski definition) is 4. The predicted molar refractivity (Wildman–Crippen MR) is 67.3 cm³/mol. The topological polar surface area (TPSA) is 84.6 Å². The monoisotopic (exact) mass is 256 g/mol. The number of nitrogens with two attached hydrogens (primary N) is 1. The zero-order valence-electron chi connectivity index (χ0n) is 10.4. The Morgan fingerprint density at radius 2 is 2.28 bits per heavy atom. The van der Waals surface area contributed by atoms with Crippen LogP contribution in [-0.4, -0.2) is 31.3 Å². The number of carboxylic acids is 1. The maximum absolute atomic E-state index is 13.2. The molecule has 1 aromatic carbocycles. The molecule has 0 aliphatic rings. The second-order valence-electron chi connectivity index (χ2n) is 4.13. The van der Waals surface area contributed by atoms with Gasteiger partial charge in [-0.2, -0.15) is 0 Å². The number of carboxylic acid groups (broad SMARTS) is 1. The normalized spacial score (nSPS) is 12.2. The molecule has 0 spiro atoms. The minimum Gasteiger partial charge on any atom is -0.478 e. The van der Waals surface area contributed by atoms with Crippen LogP contribution < -0.4 is 11.1 Å². The number of hydrogen-bond donors (Lipinski definition) is 3. The van der Waals surface area contributed by atoms with Crippen molar-refractivity contribution < 1.29 is 19.0 Å². The van der Waals surface area contributed by atoms with Crippen LogP contribution in [0.3, 0.4) is 0 Å². The average molecular weight is 256 g/mol. The summed E-state index contributed by atoms with van der Waals surface area (Å²) < 4.78 is 18.2. The van der Waals surface area contributed by atoms with Crippen molar-refractivity contribution in [3.05, 3.63) is 23.5 Å². The number of carbonyl (C=O) groups is 1. The van der Waals surface area contributed by atoms with Crippen molar-refractivity contribution in [2.45, 2.75) is 6.92 Å². The number of aromatic carboxylic acids is 1. The average Bonchev–Trinajstić information content (AvgIpc) is 2.30. The Hall–Kier alpha value is -1.82. The molecule has 0 aliphatic carbocycles. The molecule has 6 heteroatoms. The van der Waals surface area contributed by atoms with E-state index in [9.17, 15) is 9.18 Å². The Kier molecular flexibility index (Phi) is 4.91. The van der Waals surface area contributed by atoms with Crippen LogP contribution in [0.5, 0.6) is 0 Å². The van der Waals surface area contributed by atoms with Crippen LogP contribution in [0.15, 0.2) is 12.1 Å². The molecule has 0 saturated carbocycles. The van der Waals surface area contributed by atoms with Crippen LogP contribution in [0.25, 0.3) is 0 Å². The summed E-state index contributed by atoms with van der Waals surface area (Å²) in [5, 5.41) is 12.0. The van der Waals surface area contributed by atoms with E-state index in [1.54, 1.807) is 7.11 Å². The van der Waals surface area contributed by atoms with Gasteiger partial charge in [0.2, 0.25) is 0 Å². The minimum absolute atomic E-state index is 0.197. The van der Waals surface area contributed by atoms with Gasteiger partial charge in [-0.1, -0.05) is 6.92 Å². The summed E-state index contributed by atoms with van der Waals surface area (Å²) in [5.74, 6) is -1.79. The van der Waals surface area contributed by atoms with Crippen molar-refractivity contribution in [2.75, 3.05) is 31.3 Å². The van der Waals surface area contributed by atoms with Crippen molar-refractivity contribution in [2.24, 2.45) is 5.92 Å². The summed E-state index contributed by atoms with van der Waals surface area (Å²) in [7, 11) is 1.59. The Morgan fingerprint density at radius 1 is 1.61 bits per heavy atom. The lowest BCUT2D eigenvalue weighted by Crippen LogP contribution is -2.18. The van der Waals surface area contributed by atoms with Crippen LogP contribution >= 0.6 is 0 Å². The third-order valence-electron chi connectivity index (χ3n) is 2.50. The van der Waals surface area contributed by atoms with E-state index in [2.05, 4.69) is 5.32 Å². The lowest BCUT2D eigenvalue weighted by atomic mass is 10.1. The molecule has 18 heavy (non-hydrogen) atoms. The molecular formula is C12H17FN2O3. The van der Waals surface area contributed by atoms with Gasteiger partial charge in [-0.15, -0.1) is 0 Å². The number of nitrogens with one attached hydrogen (secondary N) is 1. The first kappa shape index (κ1) is 14.2. The summed E-state index contributed by atoms with van der Waals surface area (Å²) in [6.45, 7) is 3.01. The molecule has 0 amide bonds. The highest BCUT2D eigenvalue weighted by molar-refractivity contribution is 6.00. The fourth-order valence-electron chi connectivity index (χ4n) is 1.60. The van der Waals surface area contributed by atoms with E-state index in [0.717, 1.165) is 6.07 Å². The molecule has 5 nitrogen and oxygen atoms in total. The largest absolute Gasteiger partial charge is 0.478 e. The van der Waals surface area contributed by atoms with E-state index in [0.29, 0.717) is 18.8 Å². The quantitative estimate of drug-likeness (QED) is 0.676. The zero-order valence-corrected chi connectivity index (χ0v) is 10.4. The van der Waals surface area contributed by atoms with E-state index in [1.807, 2.05) is 6.92 Å². The summed E-state index contributed by atoms with van der Waals surface area (Å²) >= 11 is 0. The van der Waals surface area contributed by atoms with E-state index in [-0.39, 0.29) is 17.2 Å². The smallest absolute Gasteiger partial charge is 0.340 e. The number of ether oxygens (including phenoxy) is 1. The molecule has 0 heterocycles. The molecule has 0 fully saturated rings. The van der Waals surface area contributed by atoms with E-state index in [1.165, 1.54) is 6.07 Å². The Balaban J connectivity index is 2.89.